The molecule has 0 aromatic heterocycles. The molecule has 1 aliphatic heterocycles. The van der Waals surface area contributed by atoms with Gasteiger partial charge in [-0.25, -0.2) is 13.2 Å². The van der Waals surface area contributed by atoms with Crippen molar-refractivity contribution in [3.63, 3.8) is 0 Å². The highest BCUT2D eigenvalue weighted by Crippen LogP contribution is 2.26. The molecule has 1 saturated heterocycles. The highest BCUT2D eigenvalue weighted by Gasteiger charge is 2.27. The molecule has 32 heavy (non-hydrogen) atoms. The molecule has 180 valence electrons. The number of rotatable bonds is 10. The monoisotopic (exact) mass is 471 g/mol. The van der Waals surface area contributed by atoms with E-state index in [0.29, 0.717) is 47.7 Å². The Morgan fingerprint density at radius 2 is 1.81 bits per heavy atom. The fraction of sp³-hybridized carbons (Fsp3) is 0.619. The van der Waals surface area contributed by atoms with Crippen LogP contribution in [-0.2, 0) is 19.4 Å². The zero-order valence-electron chi connectivity index (χ0n) is 19.1. The number of nitrogens with zero attached hydrogens (tertiary/aromatic N) is 2. The zero-order valence-corrected chi connectivity index (χ0v) is 19.9. The fourth-order valence-corrected chi connectivity index (χ4v) is 5.51. The van der Waals surface area contributed by atoms with Crippen LogP contribution >= 0.6 is 0 Å². The Hall–Kier alpha value is -2.37. The number of benzene rings is 1. The molecule has 1 fully saturated rings. The first kappa shape index (κ1) is 25.9. The Morgan fingerprint density at radius 3 is 2.34 bits per heavy atom. The van der Waals surface area contributed by atoms with Gasteiger partial charge in [0.2, 0.25) is 5.91 Å². The molecule has 0 unspecified atom stereocenters. The molecule has 1 heterocycles. The number of hydrogen-bond acceptors (Lipinski definition) is 7. The van der Waals surface area contributed by atoms with E-state index in [0.717, 1.165) is 0 Å². The Bertz CT molecular complexity index is 889. The SMILES string of the molecule is COc1cc(C)c(S(=O)(=O)CNCCOCC(=O)N2CCC(N(C)C(=O)O)CC2)c(C)c1. The predicted octanol–water partition coefficient (Wildman–Crippen LogP) is 1.25. The van der Waals surface area contributed by atoms with Crippen molar-refractivity contribution >= 4 is 21.8 Å². The quantitative estimate of drug-likeness (QED) is 0.489. The number of piperidine rings is 1. The molecule has 1 aromatic carbocycles. The van der Waals surface area contributed by atoms with E-state index in [9.17, 15) is 18.0 Å². The number of carbonyl (C=O) groups excluding carboxylic acids is 1. The third-order valence-corrected chi connectivity index (χ3v) is 7.44. The summed E-state index contributed by atoms with van der Waals surface area (Å²) in [6.07, 6.45) is 0.223. The second-order valence-electron chi connectivity index (χ2n) is 7.91. The van der Waals surface area contributed by atoms with Crippen molar-refractivity contribution in [3.05, 3.63) is 23.3 Å². The first-order valence-electron chi connectivity index (χ1n) is 10.5. The number of amides is 2. The highest BCUT2D eigenvalue weighted by molar-refractivity contribution is 7.91. The lowest BCUT2D eigenvalue weighted by Gasteiger charge is -2.35. The van der Waals surface area contributed by atoms with Crippen LogP contribution in [0, 0.1) is 13.8 Å². The summed E-state index contributed by atoms with van der Waals surface area (Å²) in [5.74, 6) is 0.227. The van der Waals surface area contributed by atoms with Gasteiger partial charge in [0.05, 0.1) is 18.6 Å². The van der Waals surface area contributed by atoms with Gasteiger partial charge in [0.1, 0.15) is 18.2 Å². The molecule has 2 N–H and O–H groups in total. The van der Waals surface area contributed by atoms with Crippen LogP contribution in [0.2, 0.25) is 0 Å². The Morgan fingerprint density at radius 1 is 1.22 bits per heavy atom. The fourth-order valence-electron chi connectivity index (χ4n) is 3.85. The lowest BCUT2D eigenvalue weighted by molar-refractivity contribution is -0.137. The first-order valence-corrected chi connectivity index (χ1v) is 12.1. The molecular weight excluding hydrogens is 438 g/mol. The lowest BCUT2D eigenvalue weighted by atomic mass is 10.0. The van der Waals surface area contributed by atoms with Crippen LogP contribution in [0.4, 0.5) is 4.79 Å². The van der Waals surface area contributed by atoms with Gasteiger partial charge in [-0.3, -0.25) is 4.79 Å². The number of hydrogen-bond donors (Lipinski definition) is 2. The van der Waals surface area contributed by atoms with Crippen molar-refractivity contribution in [2.45, 2.75) is 37.6 Å². The van der Waals surface area contributed by atoms with Crippen LogP contribution in [0.15, 0.2) is 17.0 Å². The predicted molar refractivity (Wildman–Crippen MR) is 119 cm³/mol. The van der Waals surface area contributed by atoms with E-state index < -0.39 is 15.9 Å². The van der Waals surface area contributed by atoms with E-state index in [4.69, 9.17) is 14.6 Å². The van der Waals surface area contributed by atoms with Gasteiger partial charge in [-0.1, -0.05) is 0 Å². The number of ether oxygens (including phenoxy) is 2. The molecule has 0 saturated carbocycles. The maximum Gasteiger partial charge on any atom is 0.407 e. The maximum atomic E-state index is 12.7. The van der Waals surface area contributed by atoms with E-state index in [2.05, 4.69) is 5.32 Å². The minimum Gasteiger partial charge on any atom is -0.497 e. The molecule has 0 spiro atoms. The Labute approximate surface area is 189 Å². The number of likely N-dealkylation sites (tertiary alicyclic amines) is 1. The second kappa shape index (κ2) is 11.5. The molecule has 0 radical (unpaired) electrons. The molecule has 2 amide bonds. The number of carboxylic acid groups (broad SMARTS) is 1. The molecule has 0 bridgehead atoms. The standard InChI is InChI=1S/C21H33N3O7S/c1-15-11-18(30-4)12-16(2)20(15)32(28,29)14-22-7-10-31-13-19(25)24-8-5-17(6-9-24)23(3)21(26)27/h11-12,17,22H,5-10,13-14H2,1-4H3,(H,26,27). The third kappa shape index (κ3) is 6.81. The van der Waals surface area contributed by atoms with Gasteiger partial charge in [0.15, 0.2) is 9.84 Å². The van der Waals surface area contributed by atoms with Crippen LogP contribution in [0.25, 0.3) is 0 Å². The van der Waals surface area contributed by atoms with Crippen LogP contribution in [0.3, 0.4) is 0 Å². The van der Waals surface area contributed by atoms with E-state index in [1.807, 2.05) is 0 Å². The largest absolute Gasteiger partial charge is 0.497 e. The summed E-state index contributed by atoms with van der Waals surface area (Å²) in [6.45, 7) is 4.83. The molecule has 1 aromatic rings. The molecule has 0 atom stereocenters. The summed E-state index contributed by atoms with van der Waals surface area (Å²) in [5.41, 5.74) is 1.26. The smallest absolute Gasteiger partial charge is 0.407 e. The Balaban J connectivity index is 1.70. The average Bonchev–Trinajstić information content (AvgIpc) is 2.74. The lowest BCUT2D eigenvalue weighted by Crippen LogP contribution is -2.47. The van der Waals surface area contributed by atoms with Gasteiger partial charge in [-0.2, -0.15) is 0 Å². The Kier molecular flexibility index (Phi) is 9.29. The van der Waals surface area contributed by atoms with E-state index in [1.165, 1.54) is 19.1 Å². The van der Waals surface area contributed by atoms with Crippen molar-refractivity contribution in [3.8, 4) is 5.75 Å². The number of methoxy groups -OCH3 is 1. The summed E-state index contributed by atoms with van der Waals surface area (Å²) >= 11 is 0. The summed E-state index contributed by atoms with van der Waals surface area (Å²) in [5, 5.41) is 11.9. The molecule has 2 rings (SSSR count). The molecular formula is C21H33N3O7S. The van der Waals surface area contributed by atoms with Crippen molar-refractivity contribution in [1.29, 1.82) is 0 Å². The van der Waals surface area contributed by atoms with Gasteiger partial charge in [-0.15, -0.1) is 0 Å². The second-order valence-corrected chi connectivity index (χ2v) is 9.83. The van der Waals surface area contributed by atoms with Crippen molar-refractivity contribution in [2.24, 2.45) is 0 Å². The summed E-state index contributed by atoms with van der Waals surface area (Å²) in [4.78, 5) is 26.5. The number of aryl methyl sites for hydroxylation is 2. The van der Waals surface area contributed by atoms with Gasteiger partial charge in [-0.05, 0) is 49.9 Å². The van der Waals surface area contributed by atoms with E-state index >= 15 is 0 Å². The minimum absolute atomic E-state index is 0.0819. The van der Waals surface area contributed by atoms with Crippen molar-refractivity contribution < 1.29 is 32.6 Å². The van der Waals surface area contributed by atoms with Crippen LogP contribution < -0.4 is 10.1 Å². The van der Waals surface area contributed by atoms with Crippen molar-refractivity contribution in [1.82, 2.24) is 15.1 Å². The zero-order chi connectivity index (χ0) is 23.9. The first-order chi connectivity index (χ1) is 15.1. The summed E-state index contributed by atoms with van der Waals surface area (Å²) in [6, 6.07) is 3.30. The number of nitrogens with one attached hydrogen (secondary N) is 1. The average molecular weight is 472 g/mol. The number of carbonyl (C=O) groups is 2. The molecule has 11 heteroatoms. The third-order valence-electron chi connectivity index (χ3n) is 5.59. The summed E-state index contributed by atoms with van der Waals surface area (Å²) in [7, 11) is -0.453. The van der Waals surface area contributed by atoms with E-state index in [-0.39, 0.29) is 37.6 Å². The van der Waals surface area contributed by atoms with Crippen LogP contribution in [-0.4, -0.2) is 94.2 Å². The van der Waals surface area contributed by atoms with Crippen LogP contribution in [0.5, 0.6) is 5.75 Å². The van der Waals surface area contributed by atoms with Gasteiger partial charge >= 0.3 is 6.09 Å². The maximum absolute atomic E-state index is 12.7. The molecule has 1 aliphatic rings. The van der Waals surface area contributed by atoms with Gasteiger partial charge < -0.3 is 29.7 Å². The highest BCUT2D eigenvalue weighted by atomic mass is 32.2. The molecule has 10 nitrogen and oxygen atoms in total. The number of sulfone groups is 1. The van der Waals surface area contributed by atoms with Crippen molar-refractivity contribution in [2.75, 3.05) is 52.9 Å². The normalized spacial score (nSPS) is 14.9. The van der Waals surface area contributed by atoms with E-state index in [1.54, 1.807) is 30.9 Å². The topological polar surface area (TPSA) is 125 Å². The van der Waals surface area contributed by atoms with Gasteiger partial charge in [0.25, 0.3) is 0 Å². The molecule has 0 aliphatic carbocycles. The van der Waals surface area contributed by atoms with Crippen LogP contribution in [0.1, 0.15) is 24.0 Å². The summed E-state index contributed by atoms with van der Waals surface area (Å²) < 4.78 is 35.9. The minimum atomic E-state index is -3.53. The van der Waals surface area contributed by atoms with Gasteiger partial charge in [0, 0.05) is 32.7 Å².